The molecule has 0 radical (unpaired) electrons. The molecule has 1 heterocycles. The van der Waals surface area contributed by atoms with Crippen LogP contribution < -0.4 is 0 Å². The summed E-state index contributed by atoms with van der Waals surface area (Å²) in [6, 6.07) is 0.716. The Bertz CT molecular complexity index is 1050. The van der Waals surface area contributed by atoms with Crippen molar-refractivity contribution in [2.24, 2.45) is 50.7 Å². The Morgan fingerprint density at radius 3 is 2.24 bits per heavy atom. The van der Waals surface area contributed by atoms with Crippen molar-refractivity contribution in [3.8, 4) is 0 Å². The zero-order valence-electron chi connectivity index (χ0n) is 28.0. The summed E-state index contributed by atoms with van der Waals surface area (Å²) >= 11 is 0. The van der Waals surface area contributed by atoms with E-state index in [4.69, 9.17) is 9.47 Å². The normalized spacial score (nSPS) is 50.6. The molecular formula is C36H61NO4. The number of esters is 1. The first kappa shape index (κ1) is 30.4. The summed E-state index contributed by atoms with van der Waals surface area (Å²) in [7, 11) is 0. The topological polar surface area (TPSA) is 59.0 Å². The van der Waals surface area contributed by atoms with Gasteiger partial charge < -0.3 is 19.5 Å². The Morgan fingerprint density at radius 1 is 1.00 bits per heavy atom. The maximum atomic E-state index is 12.0. The molecule has 6 rings (SSSR count). The molecule has 5 heteroatoms. The number of hydrogen-bond donors (Lipinski definition) is 1. The van der Waals surface area contributed by atoms with Crippen LogP contribution in [0.15, 0.2) is 0 Å². The fourth-order valence-corrected chi connectivity index (χ4v) is 13.7. The van der Waals surface area contributed by atoms with Gasteiger partial charge in [-0.1, -0.05) is 48.5 Å². The minimum atomic E-state index is -1.14. The summed E-state index contributed by atoms with van der Waals surface area (Å²) in [6.07, 6.45) is 11.0. The minimum absolute atomic E-state index is 0.177. The molecule has 0 aromatic heterocycles. The summed E-state index contributed by atoms with van der Waals surface area (Å²) in [4.78, 5) is 14.8. The van der Waals surface area contributed by atoms with Crippen molar-refractivity contribution in [3.05, 3.63) is 0 Å². The van der Waals surface area contributed by atoms with Crippen molar-refractivity contribution in [1.29, 1.82) is 0 Å². The third kappa shape index (κ3) is 3.92. The quantitative estimate of drug-likeness (QED) is 0.341. The lowest BCUT2D eigenvalue weighted by atomic mass is 9.41. The first-order chi connectivity index (χ1) is 19.0. The number of fused-ring (bicyclic) bond motifs is 4. The van der Waals surface area contributed by atoms with E-state index < -0.39 is 11.7 Å². The highest BCUT2D eigenvalue weighted by molar-refractivity contribution is 5.66. The summed E-state index contributed by atoms with van der Waals surface area (Å²) in [6.45, 7) is 25.0. The Balaban J connectivity index is 1.29. The van der Waals surface area contributed by atoms with Crippen LogP contribution in [0.2, 0.25) is 0 Å². The fraction of sp³-hybridized carbons (Fsp3) is 0.972. The molecule has 2 spiro atoms. The molecule has 5 aliphatic carbocycles. The summed E-state index contributed by atoms with van der Waals surface area (Å²) < 4.78 is 12.7. The lowest BCUT2D eigenvalue weighted by molar-refractivity contribution is -0.209. The third-order valence-corrected chi connectivity index (χ3v) is 15.3. The van der Waals surface area contributed by atoms with E-state index in [0.29, 0.717) is 34.1 Å². The number of hydrogen-bond acceptors (Lipinski definition) is 5. The van der Waals surface area contributed by atoms with Gasteiger partial charge >= 0.3 is 5.97 Å². The predicted molar refractivity (Wildman–Crippen MR) is 163 cm³/mol. The van der Waals surface area contributed by atoms with Crippen LogP contribution in [0, 0.1) is 50.7 Å². The molecule has 0 aromatic carbocycles. The predicted octanol–water partition coefficient (Wildman–Crippen LogP) is 7.24. The number of carbonyl (C=O) groups excluding carboxylic acids is 1. The average Bonchev–Trinajstić information content (AvgIpc) is 3.46. The van der Waals surface area contributed by atoms with Gasteiger partial charge in [-0.3, -0.25) is 4.79 Å². The second-order valence-electron chi connectivity index (χ2n) is 17.4. The number of rotatable bonds is 6. The van der Waals surface area contributed by atoms with E-state index in [1.165, 1.54) is 65.0 Å². The van der Waals surface area contributed by atoms with Gasteiger partial charge in [0.25, 0.3) is 0 Å². The molecule has 1 saturated heterocycles. The van der Waals surface area contributed by atoms with Gasteiger partial charge in [0, 0.05) is 13.0 Å². The van der Waals surface area contributed by atoms with E-state index in [0.717, 1.165) is 24.7 Å². The van der Waals surface area contributed by atoms with E-state index in [9.17, 15) is 9.90 Å². The maximum absolute atomic E-state index is 12.0. The monoisotopic (exact) mass is 571 g/mol. The van der Waals surface area contributed by atoms with Gasteiger partial charge in [-0.15, -0.1) is 0 Å². The van der Waals surface area contributed by atoms with Gasteiger partial charge in [-0.2, -0.15) is 0 Å². The van der Waals surface area contributed by atoms with Crippen molar-refractivity contribution >= 4 is 5.97 Å². The summed E-state index contributed by atoms with van der Waals surface area (Å²) in [5, 5.41) is 11.0. The highest BCUT2D eigenvalue weighted by atomic mass is 16.6. The van der Waals surface area contributed by atoms with Crippen LogP contribution in [0.1, 0.15) is 127 Å². The van der Waals surface area contributed by atoms with Crippen LogP contribution in [0.25, 0.3) is 0 Å². The first-order valence-corrected chi connectivity index (χ1v) is 17.3. The van der Waals surface area contributed by atoms with E-state index in [-0.39, 0.29) is 29.0 Å². The third-order valence-electron chi connectivity index (χ3n) is 15.3. The molecular weight excluding hydrogens is 510 g/mol. The largest absolute Gasteiger partial charge is 0.457 e. The second-order valence-corrected chi connectivity index (χ2v) is 17.4. The van der Waals surface area contributed by atoms with E-state index in [1.807, 2.05) is 0 Å². The second kappa shape index (κ2) is 9.43. The van der Waals surface area contributed by atoms with Crippen LogP contribution in [0.4, 0.5) is 0 Å². The molecule has 5 saturated carbocycles. The molecule has 1 N–H and O–H groups in total. The Kier molecular flexibility index (Phi) is 6.99. The minimum Gasteiger partial charge on any atom is -0.457 e. The van der Waals surface area contributed by atoms with Crippen molar-refractivity contribution < 1.29 is 19.4 Å². The summed E-state index contributed by atoms with van der Waals surface area (Å²) in [5.74, 6) is 2.30. The number of aliphatic hydroxyl groups is 1. The van der Waals surface area contributed by atoms with Gasteiger partial charge in [0.15, 0.2) is 6.10 Å². The Hall–Kier alpha value is -0.650. The smallest absolute Gasteiger partial charge is 0.303 e. The highest BCUT2D eigenvalue weighted by Crippen LogP contribution is 2.89. The van der Waals surface area contributed by atoms with Gasteiger partial charge in [-0.25, -0.2) is 0 Å². The van der Waals surface area contributed by atoms with E-state index in [1.54, 1.807) is 13.8 Å². The van der Waals surface area contributed by atoms with Crippen LogP contribution in [0.5, 0.6) is 0 Å². The lowest BCUT2D eigenvalue weighted by Crippen LogP contribution is -2.60. The molecule has 41 heavy (non-hydrogen) atoms. The van der Waals surface area contributed by atoms with Crippen molar-refractivity contribution in [1.82, 2.24) is 4.90 Å². The van der Waals surface area contributed by atoms with Gasteiger partial charge in [0.05, 0.1) is 17.8 Å². The fourth-order valence-electron chi connectivity index (χ4n) is 13.7. The molecule has 12 atom stereocenters. The van der Waals surface area contributed by atoms with Crippen molar-refractivity contribution in [3.63, 3.8) is 0 Å². The van der Waals surface area contributed by atoms with E-state index >= 15 is 0 Å². The Morgan fingerprint density at radius 2 is 1.63 bits per heavy atom. The number of carbonyl (C=O) groups is 1. The van der Waals surface area contributed by atoms with Crippen LogP contribution >= 0.6 is 0 Å². The van der Waals surface area contributed by atoms with Gasteiger partial charge in [0.1, 0.15) is 0 Å². The Labute approximate surface area is 250 Å². The highest BCUT2D eigenvalue weighted by Gasteiger charge is 2.83. The standard InChI is InChI=1S/C36H61NO4/c1-11-37(12-2)28-15-16-35-21-36(35)18-17-33(9)29-22(3)19-24(30(32(7,8)39)40-23(4)38)41-25(29)20-34(33,10)27(36)14-13-26(35)31(28,5)6/h22,24-30,39H,11-21H2,1-10H3/t22?,24-,25-,26?,27+,28?,29?,30+,33-,34+,35-,36+/m1/s1. The average molecular weight is 572 g/mol. The molecule has 0 bridgehead atoms. The van der Waals surface area contributed by atoms with Gasteiger partial charge in [-0.05, 0) is 135 Å². The zero-order valence-corrected chi connectivity index (χ0v) is 28.0. The molecule has 5 nitrogen and oxygen atoms in total. The van der Waals surface area contributed by atoms with Crippen LogP contribution in [-0.4, -0.2) is 59.0 Å². The molecule has 6 fully saturated rings. The molecule has 4 unspecified atom stereocenters. The molecule has 0 amide bonds. The molecule has 0 aromatic rings. The van der Waals surface area contributed by atoms with Crippen LogP contribution in [-0.2, 0) is 14.3 Å². The molecule has 1 aliphatic heterocycles. The van der Waals surface area contributed by atoms with Crippen molar-refractivity contribution in [2.75, 3.05) is 13.1 Å². The molecule has 234 valence electrons. The first-order valence-electron chi connectivity index (χ1n) is 17.3. The summed E-state index contributed by atoms with van der Waals surface area (Å²) in [5.41, 5.74) is 0.855. The van der Waals surface area contributed by atoms with Gasteiger partial charge in [0.2, 0.25) is 0 Å². The lowest BCUT2D eigenvalue weighted by Gasteiger charge is -2.64. The van der Waals surface area contributed by atoms with E-state index in [2.05, 4.69) is 53.4 Å². The van der Waals surface area contributed by atoms with Crippen molar-refractivity contribution in [2.45, 2.75) is 157 Å². The zero-order chi connectivity index (χ0) is 30.0. The molecule has 6 aliphatic rings. The number of nitrogens with zero attached hydrogens (tertiary/aromatic N) is 1. The number of ether oxygens (including phenoxy) is 2. The SMILES string of the molecule is CCN(CC)C1CC[C@]23C[C@]24CC[C@]2(C)C5C(C)C[C@H]([C@H](OC(C)=O)C(C)(C)O)O[C@@H]5C[C@@]2(C)[C@@H]4CCC3C1(C)C. The maximum Gasteiger partial charge on any atom is 0.303 e. The van der Waals surface area contributed by atoms with Crippen LogP contribution in [0.3, 0.4) is 0 Å².